The molecule has 0 N–H and O–H groups in total. The normalized spacial score (nSPS) is 10.7. The van der Waals surface area contributed by atoms with Crippen LogP contribution in [0.5, 0.6) is 5.75 Å². The van der Waals surface area contributed by atoms with E-state index in [-0.39, 0.29) is 5.75 Å². The molecular formula is C16H19NO9. The van der Waals surface area contributed by atoms with E-state index in [9.17, 15) is 24.5 Å². The molecule has 0 heterocycles. The van der Waals surface area contributed by atoms with Gasteiger partial charge in [0.1, 0.15) is 22.5 Å². The zero-order valence-electron chi connectivity index (χ0n) is 15.0. The maximum Gasteiger partial charge on any atom is 0.345 e. The second-order valence-corrected chi connectivity index (χ2v) is 5.98. The lowest BCUT2D eigenvalue weighted by Crippen LogP contribution is -2.27. The number of esters is 3. The van der Waals surface area contributed by atoms with Crippen LogP contribution in [0, 0.1) is 10.1 Å². The van der Waals surface area contributed by atoms with Crippen LogP contribution in [-0.2, 0) is 19.0 Å². The molecule has 0 aliphatic carbocycles. The highest BCUT2D eigenvalue weighted by molar-refractivity contribution is 6.02. The van der Waals surface area contributed by atoms with Gasteiger partial charge in [0.05, 0.1) is 19.1 Å². The molecular weight excluding hydrogens is 350 g/mol. The first-order valence-corrected chi connectivity index (χ1v) is 7.34. The van der Waals surface area contributed by atoms with Crippen molar-refractivity contribution in [2.45, 2.75) is 26.4 Å². The summed E-state index contributed by atoms with van der Waals surface area (Å²) in [6, 6.07) is 2.00. The number of ether oxygens (including phenoxy) is 4. The number of carbonyl (C=O) groups excluding carboxylic acids is 3. The van der Waals surface area contributed by atoms with Gasteiger partial charge in [0, 0.05) is 12.1 Å². The minimum absolute atomic E-state index is 0.137. The van der Waals surface area contributed by atoms with E-state index in [1.807, 2.05) is 0 Å². The Morgan fingerprint density at radius 1 is 1.04 bits per heavy atom. The second kappa shape index (κ2) is 8.28. The number of nitro benzene ring substituents is 1. The largest absolute Gasteiger partial charge is 0.482 e. The molecule has 0 aliphatic rings. The van der Waals surface area contributed by atoms with Crippen LogP contribution in [0.15, 0.2) is 12.1 Å². The Hall–Kier alpha value is -3.17. The predicted octanol–water partition coefficient (Wildman–Crippen LogP) is 1.89. The van der Waals surface area contributed by atoms with Gasteiger partial charge in [-0.05, 0) is 20.8 Å². The van der Waals surface area contributed by atoms with Gasteiger partial charge < -0.3 is 18.9 Å². The first-order chi connectivity index (χ1) is 12.0. The third-order valence-electron chi connectivity index (χ3n) is 2.85. The number of hydrogen-bond donors (Lipinski definition) is 0. The van der Waals surface area contributed by atoms with Crippen molar-refractivity contribution in [3.8, 4) is 5.75 Å². The molecule has 142 valence electrons. The molecule has 1 rings (SSSR count). The molecule has 1 aromatic rings. The Morgan fingerprint density at radius 2 is 1.50 bits per heavy atom. The zero-order chi connectivity index (χ0) is 20.1. The lowest BCUT2D eigenvalue weighted by molar-refractivity contribution is -0.385. The lowest BCUT2D eigenvalue weighted by atomic mass is 10.1. The molecule has 0 saturated heterocycles. The molecule has 10 nitrogen and oxygen atoms in total. The summed E-state index contributed by atoms with van der Waals surface area (Å²) in [6.07, 6.45) is 0. The molecule has 0 fully saturated rings. The van der Waals surface area contributed by atoms with Crippen molar-refractivity contribution in [1.29, 1.82) is 0 Å². The number of benzene rings is 1. The van der Waals surface area contributed by atoms with Gasteiger partial charge in [-0.25, -0.2) is 14.4 Å². The SMILES string of the molecule is COC(=O)c1cc(OCC(=O)OC(C)(C)C)cc(C(=O)OC)c1[N+](=O)[O-]. The van der Waals surface area contributed by atoms with Crippen LogP contribution in [0.2, 0.25) is 0 Å². The Kier molecular flexibility index (Phi) is 6.64. The van der Waals surface area contributed by atoms with Gasteiger partial charge in [-0.2, -0.15) is 0 Å². The summed E-state index contributed by atoms with van der Waals surface area (Å²) >= 11 is 0. The van der Waals surface area contributed by atoms with Gasteiger partial charge >= 0.3 is 17.9 Å². The average molecular weight is 369 g/mol. The van der Waals surface area contributed by atoms with Crippen LogP contribution >= 0.6 is 0 Å². The lowest BCUT2D eigenvalue weighted by Gasteiger charge is -2.19. The fraction of sp³-hybridized carbons (Fsp3) is 0.438. The van der Waals surface area contributed by atoms with Crippen LogP contribution in [0.4, 0.5) is 5.69 Å². The van der Waals surface area contributed by atoms with Crippen LogP contribution in [0.1, 0.15) is 41.5 Å². The van der Waals surface area contributed by atoms with E-state index in [4.69, 9.17) is 9.47 Å². The zero-order valence-corrected chi connectivity index (χ0v) is 15.0. The van der Waals surface area contributed by atoms with E-state index in [0.29, 0.717) is 0 Å². The van der Waals surface area contributed by atoms with Crippen molar-refractivity contribution in [3.63, 3.8) is 0 Å². The van der Waals surface area contributed by atoms with Crippen molar-refractivity contribution in [2.24, 2.45) is 0 Å². The number of nitrogens with zero attached hydrogens (tertiary/aromatic N) is 1. The molecule has 10 heteroatoms. The number of carbonyl (C=O) groups is 3. The minimum atomic E-state index is -1.05. The molecule has 1 aromatic carbocycles. The summed E-state index contributed by atoms with van der Waals surface area (Å²) in [6.45, 7) is 4.47. The smallest absolute Gasteiger partial charge is 0.345 e. The quantitative estimate of drug-likeness (QED) is 0.319. The number of rotatable bonds is 6. The Bertz CT molecular complexity index is 697. The van der Waals surface area contributed by atoms with Crippen molar-refractivity contribution in [2.75, 3.05) is 20.8 Å². The van der Waals surface area contributed by atoms with Gasteiger partial charge in [-0.3, -0.25) is 10.1 Å². The van der Waals surface area contributed by atoms with Gasteiger partial charge in [0.2, 0.25) is 0 Å². The monoisotopic (exact) mass is 369 g/mol. The first-order valence-electron chi connectivity index (χ1n) is 7.34. The molecule has 0 saturated carbocycles. The highest BCUT2D eigenvalue weighted by Gasteiger charge is 2.31. The fourth-order valence-corrected chi connectivity index (χ4v) is 1.93. The van der Waals surface area contributed by atoms with E-state index in [1.54, 1.807) is 20.8 Å². The topological polar surface area (TPSA) is 131 Å². The van der Waals surface area contributed by atoms with Crippen molar-refractivity contribution >= 4 is 23.6 Å². The molecule has 0 spiro atoms. The number of hydrogen-bond acceptors (Lipinski definition) is 9. The Labute approximate surface area is 149 Å². The van der Waals surface area contributed by atoms with E-state index < -0.39 is 51.9 Å². The van der Waals surface area contributed by atoms with Crippen molar-refractivity contribution in [3.05, 3.63) is 33.4 Å². The first kappa shape index (κ1) is 20.9. The highest BCUT2D eigenvalue weighted by Crippen LogP contribution is 2.30. The van der Waals surface area contributed by atoms with E-state index in [1.165, 1.54) is 0 Å². The maximum absolute atomic E-state index is 11.9. The Morgan fingerprint density at radius 3 is 1.85 bits per heavy atom. The number of nitro groups is 1. The average Bonchev–Trinajstić information content (AvgIpc) is 2.55. The molecule has 0 radical (unpaired) electrons. The van der Waals surface area contributed by atoms with Crippen LogP contribution in [0.25, 0.3) is 0 Å². The van der Waals surface area contributed by atoms with Gasteiger partial charge in [0.15, 0.2) is 6.61 Å². The molecule has 0 atom stereocenters. The highest BCUT2D eigenvalue weighted by atomic mass is 16.6. The molecule has 0 aliphatic heterocycles. The third kappa shape index (κ3) is 5.43. The van der Waals surface area contributed by atoms with E-state index >= 15 is 0 Å². The van der Waals surface area contributed by atoms with Crippen LogP contribution in [0.3, 0.4) is 0 Å². The predicted molar refractivity (Wildman–Crippen MR) is 87.1 cm³/mol. The molecule has 0 unspecified atom stereocenters. The van der Waals surface area contributed by atoms with E-state index in [2.05, 4.69) is 9.47 Å². The summed E-state index contributed by atoms with van der Waals surface area (Å²) in [7, 11) is 2.05. The summed E-state index contributed by atoms with van der Waals surface area (Å²) in [4.78, 5) is 45.8. The molecule has 0 aromatic heterocycles. The molecule has 0 bridgehead atoms. The maximum atomic E-state index is 11.9. The summed E-state index contributed by atoms with van der Waals surface area (Å²) in [5.74, 6) is -2.94. The van der Waals surface area contributed by atoms with E-state index in [0.717, 1.165) is 26.4 Å². The van der Waals surface area contributed by atoms with Crippen molar-refractivity contribution in [1.82, 2.24) is 0 Å². The second-order valence-electron chi connectivity index (χ2n) is 5.98. The van der Waals surface area contributed by atoms with Gasteiger partial charge in [-0.15, -0.1) is 0 Å². The standard InChI is InChI=1S/C16H19NO9/c1-16(2,3)26-12(18)8-25-9-6-10(14(19)23-4)13(17(21)22)11(7-9)15(20)24-5/h6-7H,8H2,1-5H3. The molecule has 0 amide bonds. The molecule has 26 heavy (non-hydrogen) atoms. The van der Waals surface area contributed by atoms with Crippen LogP contribution in [-0.4, -0.2) is 49.3 Å². The van der Waals surface area contributed by atoms with Crippen LogP contribution < -0.4 is 4.74 Å². The number of methoxy groups -OCH3 is 2. The minimum Gasteiger partial charge on any atom is -0.482 e. The summed E-state index contributed by atoms with van der Waals surface area (Å²) in [5, 5.41) is 11.3. The van der Waals surface area contributed by atoms with Gasteiger partial charge in [0.25, 0.3) is 5.69 Å². The van der Waals surface area contributed by atoms with Gasteiger partial charge in [-0.1, -0.05) is 0 Å². The third-order valence-corrected chi connectivity index (χ3v) is 2.85. The fourth-order valence-electron chi connectivity index (χ4n) is 1.93. The summed E-state index contributed by atoms with van der Waals surface area (Å²) in [5.41, 5.74) is -2.54. The van der Waals surface area contributed by atoms with Crippen molar-refractivity contribution < 1.29 is 38.3 Å². The Balaban J connectivity index is 3.29. The summed E-state index contributed by atoms with van der Waals surface area (Å²) < 4.78 is 19.3.